The van der Waals surface area contributed by atoms with Crippen molar-refractivity contribution in [2.75, 3.05) is 13.2 Å². The Kier molecular flexibility index (Phi) is 8.96. The third-order valence-corrected chi connectivity index (χ3v) is 6.42. The summed E-state index contributed by atoms with van der Waals surface area (Å²) in [5.74, 6) is -0.375. The number of esters is 1. The van der Waals surface area contributed by atoms with Crippen molar-refractivity contribution in [1.82, 2.24) is 0 Å². The molecular weight excluding hydrogens is 248 g/mol. The molecule has 0 aliphatic rings. The maximum Gasteiger partial charge on any atom is 0.338 e. The molecule has 0 rings (SSSR count). The highest BCUT2D eigenvalue weighted by Gasteiger charge is 2.35. The second-order valence-electron chi connectivity index (χ2n) is 4.34. The van der Waals surface area contributed by atoms with E-state index in [0.29, 0.717) is 13.2 Å². The average molecular weight is 274 g/mol. The number of hydrogen-bond donors (Lipinski definition) is 0. The van der Waals surface area contributed by atoms with Crippen molar-refractivity contribution in [1.29, 1.82) is 0 Å². The van der Waals surface area contributed by atoms with Crippen molar-refractivity contribution >= 4 is 14.5 Å². The summed E-state index contributed by atoms with van der Waals surface area (Å²) in [6.45, 7) is 12.5. The molecule has 0 heterocycles. The fraction of sp³-hybridized carbons (Fsp3) is 0.769. The largest absolute Gasteiger partial charge is 0.463 e. The Hall–Kier alpha value is -0.653. The summed E-state index contributed by atoms with van der Waals surface area (Å²) in [4.78, 5) is 10.9. The van der Waals surface area contributed by atoms with Crippen LogP contribution in [0.5, 0.6) is 0 Å². The van der Waals surface area contributed by atoms with E-state index in [0.717, 1.165) is 18.5 Å². The van der Waals surface area contributed by atoms with Crippen LogP contribution in [0.1, 0.15) is 34.1 Å². The van der Waals surface area contributed by atoms with Crippen LogP contribution in [0.3, 0.4) is 0 Å². The molecule has 0 bridgehead atoms. The van der Waals surface area contributed by atoms with Crippen molar-refractivity contribution in [2.45, 2.75) is 52.3 Å². The minimum Gasteiger partial charge on any atom is -0.463 e. The van der Waals surface area contributed by atoms with E-state index in [1.54, 1.807) is 0 Å². The zero-order valence-corrected chi connectivity index (χ0v) is 13.0. The van der Waals surface area contributed by atoms with Crippen LogP contribution in [0.25, 0.3) is 0 Å². The normalized spacial score (nSPS) is 14.3. The summed E-state index contributed by atoms with van der Waals surface area (Å²) in [5, 5.41) is 0. The van der Waals surface area contributed by atoms with Gasteiger partial charge in [0.2, 0.25) is 0 Å². The van der Waals surface area contributed by atoms with E-state index in [9.17, 15) is 4.79 Å². The highest BCUT2D eigenvalue weighted by atomic mass is 28.4. The number of ether oxygens (including phenoxy) is 1. The summed E-state index contributed by atoms with van der Waals surface area (Å²) >= 11 is 0. The lowest BCUT2D eigenvalue weighted by Gasteiger charge is -2.31. The van der Waals surface area contributed by atoms with Gasteiger partial charge in [-0.25, -0.2) is 4.79 Å². The minimum absolute atomic E-state index is 0.166. The second kappa shape index (κ2) is 9.30. The molecule has 0 saturated heterocycles. The Balaban J connectivity index is 4.22. The van der Waals surface area contributed by atoms with Crippen LogP contribution < -0.4 is 0 Å². The molecule has 4 nitrogen and oxygen atoms in total. The highest BCUT2D eigenvalue weighted by Crippen LogP contribution is 2.22. The molecule has 0 aliphatic carbocycles. The molecule has 1 unspecified atom stereocenters. The fourth-order valence-corrected chi connectivity index (χ4v) is 4.92. The summed E-state index contributed by atoms with van der Waals surface area (Å²) < 4.78 is 16.9. The standard InChI is InChI=1S/C13H26O4Si/c1-6-13(14)15-10-9-11-18(8-3,16-7-2)17-12(4)5/h6,12H,1,7-11H2,2-5H3. The van der Waals surface area contributed by atoms with Gasteiger partial charge in [0, 0.05) is 18.8 Å². The van der Waals surface area contributed by atoms with Crippen molar-refractivity contribution in [3.63, 3.8) is 0 Å². The summed E-state index contributed by atoms with van der Waals surface area (Å²) in [5.41, 5.74) is 0. The van der Waals surface area contributed by atoms with Gasteiger partial charge >= 0.3 is 14.5 Å². The quantitative estimate of drug-likeness (QED) is 0.266. The van der Waals surface area contributed by atoms with Crippen LogP contribution in [0.2, 0.25) is 12.1 Å². The SMILES string of the molecule is C=CC(=O)OCCC[Si](CC)(OCC)OC(C)C. The lowest BCUT2D eigenvalue weighted by atomic mass is 10.5. The molecule has 1 atom stereocenters. The first kappa shape index (κ1) is 17.3. The van der Waals surface area contributed by atoms with Crippen molar-refractivity contribution in [2.24, 2.45) is 0 Å². The molecule has 0 saturated carbocycles. The van der Waals surface area contributed by atoms with Crippen LogP contribution in [0.4, 0.5) is 0 Å². The molecule has 0 aliphatic heterocycles. The van der Waals surface area contributed by atoms with Gasteiger partial charge in [0.15, 0.2) is 0 Å². The average Bonchev–Trinajstić information content (AvgIpc) is 2.33. The fourth-order valence-electron chi connectivity index (χ4n) is 1.79. The third kappa shape index (κ3) is 6.93. The van der Waals surface area contributed by atoms with Gasteiger partial charge in [0.1, 0.15) is 0 Å². The summed E-state index contributed by atoms with van der Waals surface area (Å²) in [6.07, 6.45) is 2.11. The number of rotatable bonds is 10. The molecule has 106 valence electrons. The molecule has 0 fully saturated rings. The van der Waals surface area contributed by atoms with Gasteiger partial charge in [-0.3, -0.25) is 0 Å². The van der Waals surface area contributed by atoms with Gasteiger partial charge in [-0.15, -0.1) is 0 Å². The van der Waals surface area contributed by atoms with Crippen LogP contribution in [0, 0.1) is 0 Å². The first-order valence-corrected chi connectivity index (χ1v) is 8.83. The Bertz CT molecular complexity index is 255. The van der Waals surface area contributed by atoms with Crippen LogP contribution in [-0.2, 0) is 18.4 Å². The summed E-state index contributed by atoms with van der Waals surface area (Å²) in [7, 11) is -2.13. The monoisotopic (exact) mass is 274 g/mol. The maximum absolute atomic E-state index is 10.9. The van der Waals surface area contributed by atoms with E-state index in [-0.39, 0.29) is 12.1 Å². The first-order valence-electron chi connectivity index (χ1n) is 6.60. The van der Waals surface area contributed by atoms with Gasteiger partial charge in [0.05, 0.1) is 6.61 Å². The van der Waals surface area contributed by atoms with Gasteiger partial charge in [-0.2, -0.15) is 0 Å². The van der Waals surface area contributed by atoms with Crippen molar-refractivity contribution < 1.29 is 18.4 Å². The second-order valence-corrected chi connectivity index (χ2v) is 7.89. The first-order chi connectivity index (χ1) is 8.49. The van der Waals surface area contributed by atoms with Gasteiger partial charge in [-0.1, -0.05) is 13.5 Å². The Morgan fingerprint density at radius 2 is 2.06 bits per heavy atom. The predicted molar refractivity (Wildman–Crippen MR) is 74.7 cm³/mol. The smallest absolute Gasteiger partial charge is 0.338 e. The molecule has 18 heavy (non-hydrogen) atoms. The molecule has 5 heteroatoms. The number of carbonyl (C=O) groups is 1. The van der Waals surface area contributed by atoms with E-state index < -0.39 is 8.56 Å². The number of carbonyl (C=O) groups excluding carboxylic acids is 1. The van der Waals surface area contributed by atoms with Crippen LogP contribution in [-0.4, -0.2) is 33.8 Å². The predicted octanol–water partition coefficient (Wildman–Crippen LogP) is 3.03. The van der Waals surface area contributed by atoms with E-state index in [2.05, 4.69) is 13.5 Å². The zero-order valence-electron chi connectivity index (χ0n) is 12.0. The van der Waals surface area contributed by atoms with Crippen molar-refractivity contribution in [3.8, 4) is 0 Å². The maximum atomic E-state index is 10.9. The zero-order chi connectivity index (χ0) is 14.0. The topological polar surface area (TPSA) is 44.8 Å². The van der Waals surface area contributed by atoms with Gasteiger partial charge in [0.25, 0.3) is 0 Å². The Morgan fingerprint density at radius 3 is 2.50 bits per heavy atom. The van der Waals surface area contributed by atoms with Gasteiger partial charge < -0.3 is 13.6 Å². The molecule has 0 aromatic carbocycles. The molecule has 0 N–H and O–H groups in total. The van der Waals surface area contributed by atoms with E-state index >= 15 is 0 Å². The summed E-state index contributed by atoms with van der Waals surface area (Å²) in [6, 6.07) is 1.76. The minimum atomic E-state index is -2.13. The molecule has 0 aromatic heterocycles. The Morgan fingerprint density at radius 1 is 1.39 bits per heavy atom. The highest BCUT2D eigenvalue weighted by molar-refractivity contribution is 6.67. The lowest BCUT2D eigenvalue weighted by Crippen LogP contribution is -2.43. The van der Waals surface area contributed by atoms with Gasteiger partial charge in [-0.05, 0) is 39.3 Å². The number of hydrogen-bond acceptors (Lipinski definition) is 4. The molecular formula is C13H26O4Si. The third-order valence-electron chi connectivity index (χ3n) is 2.51. The molecule has 0 aromatic rings. The molecule has 0 spiro atoms. The van der Waals surface area contributed by atoms with E-state index in [1.807, 2.05) is 20.8 Å². The molecule has 0 amide bonds. The Labute approximate surface area is 112 Å². The molecule has 0 radical (unpaired) electrons. The van der Waals surface area contributed by atoms with E-state index in [4.69, 9.17) is 13.6 Å². The van der Waals surface area contributed by atoms with Crippen LogP contribution >= 0.6 is 0 Å². The van der Waals surface area contributed by atoms with Crippen LogP contribution in [0.15, 0.2) is 12.7 Å². The van der Waals surface area contributed by atoms with Crippen molar-refractivity contribution in [3.05, 3.63) is 12.7 Å². The lowest BCUT2D eigenvalue weighted by molar-refractivity contribution is -0.137. The van der Waals surface area contributed by atoms with E-state index in [1.165, 1.54) is 6.08 Å².